The van der Waals surface area contributed by atoms with E-state index in [1.54, 1.807) is 23.8 Å². The summed E-state index contributed by atoms with van der Waals surface area (Å²) in [4.78, 5) is 11.7. The van der Waals surface area contributed by atoms with Crippen LogP contribution in [0.3, 0.4) is 0 Å². The van der Waals surface area contributed by atoms with Crippen molar-refractivity contribution in [3.05, 3.63) is 59.8 Å². The number of nitrogens with one attached hydrogen (secondary N) is 1. The lowest BCUT2D eigenvalue weighted by atomic mass is 10.00. The van der Waals surface area contributed by atoms with E-state index in [0.717, 1.165) is 54.0 Å². The highest BCUT2D eigenvalue weighted by Gasteiger charge is 2.40. The first-order chi connectivity index (χ1) is 16.5. The molecule has 5 heterocycles. The number of hydrogen-bond donors (Lipinski definition) is 1. The molecular weight excluding hydrogens is 435 g/mol. The molecule has 1 spiro atoms. The smallest absolute Gasteiger partial charge is 0.171 e. The summed E-state index contributed by atoms with van der Waals surface area (Å²) < 4.78 is 28.0. The maximum Gasteiger partial charge on any atom is 0.171 e. The minimum Gasteiger partial charge on any atom is -0.362 e. The lowest BCUT2D eigenvalue weighted by Gasteiger charge is -2.39. The average molecular weight is 463 g/mol. The van der Waals surface area contributed by atoms with Crippen molar-refractivity contribution >= 4 is 28.1 Å². The van der Waals surface area contributed by atoms with E-state index in [2.05, 4.69) is 33.3 Å². The van der Waals surface area contributed by atoms with E-state index in [1.807, 2.05) is 18.3 Å². The standard InChI is InChI=1S/C25H27FN6O2/c1-16-20(26)6-5-18-14-19(17(2)29-23-21-4-3-9-32(21)28-15-27-23)24(30-22(16)18)31-10-7-25(8-11-31)33-12-13-34-25/h3-6,9,14-15,17H,7-8,10-13H2,1-2H3,(H,27,28,29)/t17-/m0/s1. The number of aryl methyl sites for hydroxylation is 1. The van der Waals surface area contributed by atoms with Crippen molar-refractivity contribution in [3.63, 3.8) is 0 Å². The third-order valence-electron chi connectivity index (χ3n) is 6.97. The van der Waals surface area contributed by atoms with Crippen LogP contribution in [0.2, 0.25) is 0 Å². The Labute approximate surface area is 196 Å². The van der Waals surface area contributed by atoms with Crippen molar-refractivity contribution in [2.75, 3.05) is 36.5 Å². The molecule has 176 valence electrons. The Morgan fingerprint density at radius 1 is 1.15 bits per heavy atom. The van der Waals surface area contributed by atoms with Crippen molar-refractivity contribution < 1.29 is 13.9 Å². The molecule has 1 aromatic carbocycles. The molecule has 1 N–H and O–H groups in total. The van der Waals surface area contributed by atoms with Crippen LogP contribution >= 0.6 is 0 Å². The van der Waals surface area contributed by atoms with Crippen molar-refractivity contribution in [1.82, 2.24) is 19.6 Å². The van der Waals surface area contributed by atoms with Crippen LogP contribution in [0.4, 0.5) is 16.0 Å². The zero-order chi connectivity index (χ0) is 23.3. The Bertz CT molecular complexity index is 1360. The molecule has 0 amide bonds. The highest BCUT2D eigenvalue weighted by atomic mass is 19.1. The molecule has 0 saturated carbocycles. The van der Waals surface area contributed by atoms with Crippen molar-refractivity contribution in [1.29, 1.82) is 0 Å². The normalized spacial score (nSPS) is 18.7. The highest BCUT2D eigenvalue weighted by Crippen LogP contribution is 2.37. The summed E-state index contributed by atoms with van der Waals surface area (Å²) in [5.74, 6) is 0.890. The summed E-state index contributed by atoms with van der Waals surface area (Å²) >= 11 is 0. The third kappa shape index (κ3) is 3.56. The lowest BCUT2D eigenvalue weighted by molar-refractivity contribution is -0.169. The van der Waals surface area contributed by atoms with Gasteiger partial charge in [0.1, 0.15) is 23.5 Å². The molecule has 2 aliphatic rings. The molecule has 2 fully saturated rings. The number of benzene rings is 1. The Hall–Kier alpha value is -3.30. The molecule has 1 atom stereocenters. The van der Waals surface area contributed by atoms with Gasteiger partial charge in [-0.2, -0.15) is 5.10 Å². The second-order valence-corrected chi connectivity index (χ2v) is 9.05. The van der Waals surface area contributed by atoms with Crippen LogP contribution in [0, 0.1) is 12.7 Å². The van der Waals surface area contributed by atoms with E-state index < -0.39 is 5.79 Å². The minimum absolute atomic E-state index is 0.0965. The van der Waals surface area contributed by atoms with Crippen LogP contribution in [0.1, 0.15) is 36.9 Å². The van der Waals surface area contributed by atoms with Gasteiger partial charge in [0, 0.05) is 48.6 Å². The van der Waals surface area contributed by atoms with E-state index in [-0.39, 0.29) is 11.9 Å². The topological polar surface area (TPSA) is 76.8 Å². The predicted molar refractivity (Wildman–Crippen MR) is 128 cm³/mol. The predicted octanol–water partition coefficient (Wildman–Crippen LogP) is 4.24. The van der Waals surface area contributed by atoms with Gasteiger partial charge in [0.15, 0.2) is 11.6 Å². The summed E-state index contributed by atoms with van der Waals surface area (Å²) in [6.07, 6.45) is 4.98. The number of anilines is 2. The summed E-state index contributed by atoms with van der Waals surface area (Å²) in [5, 5.41) is 8.71. The fourth-order valence-electron chi connectivity index (χ4n) is 5.04. The van der Waals surface area contributed by atoms with E-state index in [4.69, 9.17) is 14.5 Å². The number of ether oxygens (including phenoxy) is 2. The second-order valence-electron chi connectivity index (χ2n) is 9.05. The lowest BCUT2D eigenvalue weighted by Crippen LogP contribution is -2.45. The van der Waals surface area contributed by atoms with Gasteiger partial charge >= 0.3 is 0 Å². The molecular formula is C25H27FN6O2. The van der Waals surface area contributed by atoms with Crippen LogP contribution in [-0.2, 0) is 9.47 Å². The number of halogens is 1. The van der Waals surface area contributed by atoms with Gasteiger partial charge in [-0.25, -0.2) is 18.9 Å². The number of pyridine rings is 1. The van der Waals surface area contributed by atoms with Gasteiger partial charge in [0.2, 0.25) is 0 Å². The van der Waals surface area contributed by atoms with Gasteiger partial charge < -0.3 is 19.7 Å². The van der Waals surface area contributed by atoms with E-state index in [0.29, 0.717) is 24.3 Å². The highest BCUT2D eigenvalue weighted by molar-refractivity contribution is 5.85. The number of hydrogen-bond acceptors (Lipinski definition) is 7. The maximum atomic E-state index is 14.4. The van der Waals surface area contributed by atoms with E-state index in [1.165, 1.54) is 6.07 Å². The van der Waals surface area contributed by atoms with Crippen LogP contribution in [0.5, 0.6) is 0 Å². The zero-order valence-corrected chi connectivity index (χ0v) is 19.3. The first-order valence-electron chi connectivity index (χ1n) is 11.7. The number of piperidine rings is 1. The molecule has 9 heteroatoms. The first kappa shape index (κ1) is 21.2. The summed E-state index contributed by atoms with van der Waals surface area (Å²) in [5.41, 5.74) is 3.19. The van der Waals surface area contributed by atoms with Crippen LogP contribution in [-0.4, -0.2) is 51.7 Å². The molecule has 34 heavy (non-hydrogen) atoms. The summed E-state index contributed by atoms with van der Waals surface area (Å²) in [7, 11) is 0. The molecule has 2 saturated heterocycles. The Kier molecular flexibility index (Phi) is 5.11. The Balaban J connectivity index is 1.39. The third-order valence-corrected chi connectivity index (χ3v) is 6.97. The first-order valence-corrected chi connectivity index (χ1v) is 11.7. The van der Waals surface area contributed by atoms with Crippen molar-refractivity contribution in [2.45, 2.75) is 38.5 Å². The van der Waals surface area contributed by atoms with E-state index >= 15 is 0 Å². The quantitative estimate of drug-likeness (QED) is 0.486. The fraction of sp³-hybridized carbons (Fsp3) is 0.400. The molecule has 0 aliphatic carbocycles. The molecule has 8 nitrogen and oxygen atoms in total. The van der Waals surface area contributed by atoms with Gasteiger partial charge in [-0.3, -0.25) is 0 Å². The van der Waals surface area contributed by atoms with Gasteiger partial charge in [0.05, 0.1) is 24.8 Å². The van der Waals surface area contributed by atoms with Gasteiger partial charge in [-0.1, -0.05) is 0 Å². The molecule has 3 aromatic heterocycles. The van der Waals surface area contributed by atoms with Crippen LogP contribution < -0.4 is 10.2 Å². The number of aromatic nitrogens is 4. The van der Waals surface area contributed by atoms with Crippen LogP contribution in [0.15, 0.2) is 42.9 Å². The second kappa shape index (κ2) is 8.18. The van der Waals surface area contributed by atoms with Gasteiger partial charge in [-0.05, 0) is 44.2 Å². The average Bonchev–Trinajstić information content (AvgIpc) is 3.52. The molecule has 2 aliphatic heterocycles. The molecule has 0 unspecified atom stereocenters. The molecule has 6 rings (SSSR count). The largest absolute Gasteiger partial charge is 0.362 e. The number of rotatable bonds is 4. The summed E-state index contributed by atoms with van der Waals surface area (Å²) in [6.45, 7) is 6.68. The molecule has 4 aromatic rings. The Morgan fingerprint density at radius 3 is 2.74 bits per heavy atom. The van der Waals surface area contributed by atoms with Gasteiger partial charge in [0.25, 0.3) is 0 Å². The van der Waals surface area contributed by atoms with E-state index in [9.17, 15) is 4.39 Å². The monoisotopic (exact) mass is 462 g/mol. The zero-order valence-electron chi connectivity index (χ0n) is 19.3. The van der Waals surface area contributed by atoms with Crippen molar-refractivity contribution in [2.24, 2.45) is 0 Å². The van der Waals surface area contributed by atoms with Crippen LogP contribution in [0.25, 0.3) is 16.4 Å². The fourth-order valence-corrected chi connectivity index (χ4v) is 5.04. The van der Waals surface area contributed by atoms with Crippen molar-refractivity contribution in [3.8, 4) is 0 Å². The SMILES string of the molecule is Cc1c(F)ccc2cc([C@H](C)Nc3ncnn4cccc34)c(N3CCC4(CC3)OCCO4)nc12. The Morgan fingerprint density at radius 2 is 1.94 bits per heavy atom. The number of fused-ring (bicyclic) bond motifs is 2. The minimum atomic E-state index is -0.471. The maximum absolute atomic E-state index is 14.4. The molecule has 0 radical (unpaired) electrons. The number of nitrogens with zero attached hydrogens (tertiary/aromatic N) is 5. The van der Waals surface area contributed by atoms with Gasteiger partial charge in [-0.15, -0.1) is 0 Å². The molecule has 0 bridgehead atoms. The summed E-state index contributed by atoms with van der Waals surface area (Å²) in [6, 6.07) is 9.25.